The maximum Gasteiger partial charge on any atom is -0.000824 e. The largest absolute Gasteiger partial charge is 0.316 e. The number of hydrogen-bond donors (Lipinski definition) is 1. The summed E-state index contributed by atoms with van der Waals surface area (Å²) < 4.78 is 0. The van der Waals surface area contributed by atoms with Gasteiger partial charge in [0.25, 0.3) is 0 Å². The first-order chi connectivity index (χ1) is 8.25. The van der Waals surface area contributed by atoms with Gasteiger partial charge < -0.3 is 5.32 Å². The van der Waals surface area contributed by atoms with Crippen LogP contribution < -0.4 is 5.32 Å². The molecule has 0 amide bonds. The van der Waals surface area contributed by atoms with Gasteiger partial charge in [0.15, 0.2) is 0 Å². The first-order valence-corrected chi connectivity index (χ1v) is 7.05. The van der Waals surface area contributed by atoms with Crippen LogP contribution in [0.15, 0.2) is 24.3 Å². The van der Waals surface area contributed by atoms with E-state index in [0.29, 0.717) is 0 Å². The zero-order valence-electron chi connectivity index (χ0n) is 11.2. The van der Waals surface area contributed by atoms with Crippen LogP contribution in [0.4, 0.5) is 0 Å². The zero-order valence-corrected chi connectivity index (χ0v) is 11.2. The molecule has 0 radical (unpaired) electrons. The van der Waals surface area contributed by atoms with Crippen LogP contribution in [0.5, 0.6) is 0 Å². The Hall–Kier alpha value is -0.820. The molecule has 1 nitrogen and oxygen atoms in total. The van der Waals surface area contributed by atoms with Crippen molar-refractivity contribution in [3.8, 4) is 0 Å². The standard InChI is InChI=1S/C16H25N/c1-13(2)12-17-11-10-14-6-8-16(9-7-14)15-4-3-5-15/h6-9,13,15,17H,3-5,10-12H2,1-2H3. The second-order valence-corrected chi connectivity index (χ2v) is 5.72. The average molecular weight is 231 g/mol. The van der Waals surface area contributed by atoms with E-state index >= 15 is 0 Å². The van der Waals surface area contributed by atoms with E-state index in [-0.39, 0.29) is 0 Å². The van der Waals surface area contributed by atoms with Crippen molar-refractivity contribution in [2.75, 3.05) is 13.1 Å². The van der Waals surface area contributed by atoms with E-state index in [0.717, 1.165) is 31.3 Å². The number of nitrogens with one attached hydrogen (secondary N) is 1. The van der Waals surface area contributed by atoms with Gasteiger partial charge in [-0.3, -0.25) is 0 Å². The molecule has 0 heterocycles. The molecule has 0 aliphatic heterocycles. The molecule has 1 aromatic rings. The average Bonchev–Trinajstić information content (AvgIpc) is 2.24. The number of benzene rings is 1. The molecule has 0 aromatic heterocycles. The van der Waals surface area contributed by atoms with Gasteiger partial charge in [-0.2, -0.15) is 0 Å². The molecule has 0 saturated heterocycles. The van der Waals surface area contributed by atoms with E-state index in [1.807, 2.05) is 0 Å². The Morgan fingerprint density at radius 2 is 1.88 bits per heavy atom. The Bertz CT molecular complexity index is 322. The molecule has 0 spiro atoms. The highest BCUT2D eigenvalue weighted by Gasteiger charge is 2.18. The Kier molecular flexibility index (Phi) is 4.61. The molecule has 94 valence electrons. The molecule has 0 unspecified atom stereocenters. The van der Waals surface area contributed by atoms with Crippen LogP contribution in [-0.4, -0.2) is 13.1 Å². The summed E-state index contributed by atoms with van der Waals surface area (Å²) in [4.78, 5) is 0. The summed E-state index contributed by atoms with van der Waals surface area (Å²) in [5, 5.41) is 3.49. The van der Waals surface area contributed by atoms with Crippen LogP contribution in [0.3, 0.4) is 0 Å². The summed E-state index contributed by atoms with van der Waals surface area (Å²) in [6.07, 6.45) is 5.37. The van der Waals surface area contributed by atoms with E-state index in [9.17, 15) is 0 Å². The molecule has 1 aliphatic rings. The minimum atomic E-state index is 0.746. The van der Waals surface area contributed by atoms with Crippen LogP contribution >= 0.6 is 0 Å². The molecule has 0 bridgehead atoms. The lowest BCUT2D eigenvalue weighted by Crippen LogP contribution is -2.22. The number of rotatable bonds is 6. The van der Waals surface area contributed by atoms with Gasteiger partial charge in [-0.05, 0) is 55.3 Å². The van der Waals surface area contributed by atoms with Crippen molar-refractivity contribution in [3.63, 3.8) is 0 Å². The summed E-state index contributed by atoms with van der Waals surface area (Å²) in [5.74, 6) is 1.61. The van der Waals surface area contributed by atoms with Crippen molar-refractivity contribution >= 4 is 0 Å². The first-order valence-electron chi connectivity index (χ1n) is 7.05. The van der Waals surface area contributed by atoms with E-state index in [2.05, 4.69) is 43.4 Å². The lowest BCUT2D eigenvalue weighted by atomic mass is 9.80. The Morgan fingerprint density at radius 3 is 2.41 bits per heavy atom. The molecule has 1 aromatic carbocycles. The van der Waals surface area contributed by atoms with E-state index in [1.54, 1.807) is 5.56 Å². The number of hydrogen-bond acceptors (Lipinski definition) is 1. The van der Waals surface area contributed by atoms with Crippen molar-refractivity contribution < 1.29 is 0 Å². The maximum absolute atomic E-state index is 3.49. The lowest BCUT2D eigenvalue weighted by Gasteiger charge is -2.25. The topological polar surface area (TPSA) is 12.0 Å². The smallest absolute Gasteiger partial charge is 0.000824 e. The molecule has 1 N–H and O–H groups in total. The van der Waals surface area contributed by atoms with E-state index in [1.165, 1.54) is 24.8 Å². The van der Waals surface area contributed by atoms with Gasteiger partial charge in [-0.25, -0.2) is 0 Å². The lowest BCUT2D eigenvalue weighted by molar-refractivity contribution is 0.419. The van der Waals surface area contributed by atoms with Crippen LogP contribution in [-0.2, 0) is 6.42 Å². The van der Waals surface area contributed by atoms with Gasteiger partial charge >= 0.3 is 0 Å². The monoisotopic (exact) mass is 231 g/mol. The van der Waals surface area contributed by atoms with Crippen molar-refractivity contribution in [1.29, 1.82) is 0 Å². The highest BCUT2D eigenvalue weighted by molar-refractivity contribution is 5.26. The first kappa shape index (κ1) is 12.6. The fraction of sp³-hybridized carbons (Fsp3) is 0.625. The molecule has 0 atom stereocenters. The minimum absolute atomic E-state index is 0.746. The van der Waals surface area contributed by atoms with Gasteiger partial charge in [-0.1, -0.05) is 44.5 Å². The van der Waals surface area contributed by atoms with Gasteiger partial charge in [-0.15, -0.1) is 0 Å². The molecular weight excluding hydrogens is 206 g/mol. The highest BCUT2D eigenvalue weighted by atomic mass is 14.8. The maximum atomic E-state index is 3.49. The summed E-state index contributed by atoms with van der Waals surface area (Å²) in [7, 11) is 0. The highest BCUT2D eigenvalue weighted by Crippen LogP contribution is 2.36. The normalized spacial score (nSPS) is 16.2. The summed E-state index contributed by atoms with van der Waals surface area (Å²) in [6, 6.07) is 9.29. The third kappa shape index (κ3) is 3.85. The molecule has 1 fully saturated rings. The van der Waals surface area contributed by atoms with Crippen LogP contribution in [0.1, 0.15) is 50.2 Å². The van der Waals surface area contributed by atoms with Crippen LogP contribution in [0.2, 0.25) is 0 Å². The second-order valence-electron chi connectivity index (χ2n) is 5.72. The summed E-state index contributed by atoms with van der Waals surface area (Å²) in [6.45, 7) is 6.72. The molecule has 1 heteroatoms. The third-order valence-electron chi connectivity index (χ3n) is 3.70. The van der Waals surface area contributed by atoms with Crippen molar-refractivity contribution in [2.24, 2.45) is 5.92 Å². The minimum Gasteiger partial charge on any atom is -0.316 e. The van der Waals surface area contributed by atoms with Crippen molar-refractivity contribution in [3.05, 3.63) is 35.4 Å². The fourth-order valence-electron chi connectivity index (χ4n) is 2.32. The third-order valence-corrected chi connectivity index (χ3v) is 3.70. The SMILES string of the molecule is CC(C)CNCCc1ccc(C2CCC2)cc1. The van der Waals surface area contributed by atoms with Crippen molar-refractivity contribution in [2.45, 2.75) is 45.4 Å². The van der Waals surface area contributed by atoms with Crippen LogP contribution in [0, 0.1) is 5.92 Å². The van der Waals surface area contributed by atoms with E-state index < -0.39 is 0 Å². The van der Waals surface area contributed by atoms with Gasteiger partial charge in [0.1, 0.15) is 0 Å². The van der Waals surface area contributed by atoms with Gasteiger partial charge in [0.2, 0.25) is 0 Å². The zero-order chi connectivity index (χ0) is 12.1. The quantitative estimate of drug-likeness (QED) is 0.735. The predicted octanol–water partition coefficient (Wildman–Crippen LogP) is 3.74. The van der Waals surface area contributed by atoms with Gasteiger partial charge in [0, 0.05) is 0 Å². The molecule has 2 rings (SSSR count). The Morgan fingerprint density at radius 1 is 1.18 bits per heavy atom. The Labute approximate surface area is 106 Å². The molecule has 1 aliphatic carbocycles. The van der Waals surface area contributed by atoms with Gasteiger partial charge in [0.05, 0.1) is 0 Å². The van der Waals surface area contributed by atoms with E-state index in [4.69, 9.17) is 0 Å². The second kappa shape index (κ2) is 6.20. The Balaban J connectivity index is 1.73. The fourth-order valence-corrected chi connectivity index (χ4v) is 2.32. The summed E-state index contributed by atoms with van der Waals surface area (Å²) >= 11 is 0. The molecular formula is C16H25N. The predicted molar refractivity (Wildman–Crippen MR) is 74.4 cm³/mol. The van der Waals surface area contributed by atoms with Crippen molar-refractivity contribution in [1.82, 2.24) is 5.32 Å². The molecule has 17 heavy (non-hydrogen) atoms. The molecule has 1 saturated carbocycles. The summed E-state index contributed by atoms with van der Waals surface area (Å²) in [5.41, 5.74) is 3.01. The van der Waals surface area contributed by atoms with Crippen LogP contribution in [0.25, 0.3) is 0 Å².